The zero-order valence-electron chi connectivity index (χ0n) is 17.0. The molecule has 0 aliphatic carbocycles. The quantitative estimate of drug-likeness (QED) is 0.507. The van der Waals surface area contributed by atoms with Crippen molar-refractivity contribution in [1.29, 1.82) is 0 Å². The van der Waals surface area contributed by atoms with Crippen molar-refractivity contribution in [3.63, 3.8) is 0 Å². The number of amides is 2. The van der Waals surface area contributed by atoms with E-state index in [0.717, 1.165) is 56.0 Å². The predicted octanol–water partition coefficient (Wildman–Crippen LogP) is 2.30. The van der Waals surface area contributed by atoms with E-state index in [1.165, 1.54) is 0 Å². The molecular weight excluding hydrogens is 380 g/mol. The zero-order valence-corrected chi connectivity index (χ0v) is 17.0. The smallest absolute Gasteiger partial charge is 0.220 e. The van der Waals surface area contributed by atoms with Gasteiger partial charge in [-0.25, -0.2) is 9.97 Å². The van der Waals surface area contributed by atoms with Gasteiger partial charge in [0.15, 0.2) is 5.82 Å². The van der Waals surface area contributed by atoms with Crippen molar-refractivity contribution in [1.82, 2.24) is 20.6 Å². The lowest BCUT2D eigenvalue weighted by Crippen LogP contribution is -2.27. The standard InChI is InChI=1S/C22H28N6O2/c29-20-8-6-16(25-20)10-12-23-18-14-19(24-13-11-17-7-9-21(30)26-17)28-22(27-18)15-4-2-1-3-5-15/h1-5,14,16-17H,6-13H2,(H,25,29)(H,26,30)(H2,23,24,27,28). The highest BCUT2D eigenvalue weighted by atomic mass is 16.2. The maximum Gasteiger partial charge on any atom is 0.220 e. The van der Waals surface area contributed by atoms with Crippen LogP contribution in [0.3, 0.4) is 0 Å². The fourth-order valence-corrected chi connectivity index (χ4v) is 3.88. The van der Waals surface area contributed by atoms with Crippen molar-refractivity contribution < 1.29 is 9.59 Å². The first-order valence-corrected chi connectivity index (χ1v) is 10.7. The number of carbonyl (C=O) groups excluding carboxylic acids is 2. The van der Waals surface area contributed by atoms with Crippen LogP contribution in [-0.2, 0) is 9.59 Å². The number of hydrogen-bond donors (Lipinski definition) is 4. The maximum absolute atomic E-state index is 11.4. The van der Waals surface area contributed by atoms with Gasteiger partial charge >= 0.3 is 0 Å². The first kappa shape index (κ1) is 20.1. The van der Waals surface area contributed by atoms with Crippen LogP contribution in [0, 0.1) is 0 Å². The van der Waals surface area contributed by atoms with E-state index in [1.807, 2.05) is 36.4 Å². The van der Waals surface area contributed by atoms with Gasteiger partial charge in [0, 0.05) is 49.6 Å². The molecule has 30 heavy (non-hydrogen) atoms. The average molecular weight is 409 g/mol. The molecule has 0 spiro atoms. The van der Waals surface area contributed by atoms with Crippen LogP contribution in [0.2, 0.25) is 0 Å². The molecule has 2 aliphatic heterocycles. The van der Waals surface area contributed by atoms with E-state index in [9.17, 15) is 9.59 Å². The number of aromatic nitrogens is 2. The summed E-state index contributed by atoms with van der Waals surface area (Å²) in [6, 6.07) is 12.3. The Bertz CT molecular complexity index is 838. The summed E-state index contributed by atoms with van der Waals surface area (Å²) in [4.78, 5) is 32.1. The Balaban J connectivity index is 1.39. The molecule has 2 unspecified atom stereocenters. The molecule has 2 atom stereocenters. The number of hydrogen-bond acceptors (Lipinski definition) is 6. The van der Waals surface area contributed by atoms with Crippen molar-refractivity contribution in [2.75, 3.05) is 23.7 Å². The summed E-state index contributed by atoms with van der Waals surface area (Å²) in [5.41, 5.74) is 0.954. The Kier molecular flexibility index (Phi) is 6.41. The zero-order chi connectivity index (χ0) is 20.8. The van der Waals surface area contributed by atoms with Gasteiger partial charge in [-0.1, -0.05) is 30.3 Å². The van der Waals surface area contributed by atoms with Crippen LogP contribution in [0.15, 0.2) is 36.4 Å². The Morgan fingerprint density at radius 3 is 1.83 bits per heavy atom. The molecule has 1 aromatic carbocycles. The third-order valence-electron chi connectivity index (χ3n) is 5.53. The molecule has 0 saturated carbocycles. The monoisotopic (exact) mass is 408 g/mol. The number of nitrogens with zero attached hydrogens (tertiary/aromatic N) is 2. The molecule has 8 heteroatoms. The van der Waals surface area contributed by atoms with Gasteiger partial charge in [0.25, 0.3) is 0 Å². The van der Waals surface area contributed by atoms with Crippen molar-refractivity contribution in [3.8, 4) is 11.4 Å². The lowest BCUT2D eigenvalue weighted by molar-refractivity contribution is -0.120. The summed E-state index contributed by atoms with van der Waals surface area (Å²) in [6.07, 6.45) is 4.74. The van der Waals surface area contributed by atoms with Gasteiger partial charge < -0.3 is 21.3 Å². The molecule has 4 rings (SSSR count). The van der Waals surface area contributed by atoms with Gasteiger partial charge in [0.05, 0.1) is 0 Å². The molecule has 2 fully saturated rings. The van der Waals surface area contributed by atoms with E-state index in [0.29, 0.717) is 18.7 Å². The van der Waals surface area contributed by atoms with Crippen LogP contribution in [0.25, 0.3) is 11.4 Å². The Hall–Kier alpha value is -3.16. The van der Waals surface area contributed by atoms with E-state index in [2.05, 4.69) is 31.2 Å². The molecule has 0 radical (unpaired) electrons. The molecule has 158 valence electrons. The number of rotatable bonds is 9. The highest BCUT2D eigenvalue weighted by Crippen LogP contribution is 2.21. The van der Waals surface area contributed by atoms with E-state index >= 15 is 0 Å². The highest BCUT2D eigenvalue weighted by Gasteiger charge is 2.21. The third-order valence-corrected chi connectivity index (χ3v) is 5.53. The molecule has 4 N–H and O–H groups in total. The minimum Gasteiger partial charge on any atom is -0.370 e. The first-order valence-electron chi connectivity index (χ1n) is 10.7. The van der Waals surface area contributed by atoms with Crippen LogP contribution < -0.4 is 21.3 Å². The predicted molar refractivity (Wildman–Crippen MR) is 116 cm³/mol. The second-order valence-corrected chi connectivity index (χ2v) is 7.87. The number of nitrogens with one attached hydrogen (secondary N) is 4. The summed E-state index contributed by atoms with van der Waals surface area (Å²) in [5.74, 6) is 2.44. The van der Waals surface area contributed by atoms with Gasteiger partial charge in [0.2, 0.25) is 11.8 Å². The SMILES string of the molecule is O=C1CCC(CCNc2cc(NCCC3CCC(=O)N3)nc(-c3ccccc3)n2)N1. The lowest BCUT2D eigenvalue weighted by atomic mass is 10.1. The topological polar surface area (TPSA) is 108 Å². The van der Waals surface area contributed by atoms with Crippen LogP contribution in [0.4, 0.5) is 11.6 Å². The Labute approximate surface area is 176 Å². The minimum atomic E-state index is 0.137. The highest BCUT2D eigenvalue weighted by molar-refractivity contribution is 5.78. The van der Waals surface area contributed by atoms with Crippen molar-refractivity contribution in [2.45, 2.75) is 50.6 Å². The van der Waals surface area contributed by atoms with Gasteiger partial charge in [-0.2, -0.15) is 0 Å². The minimum absolute atomic E-state index is 0.137. The molecule has 3 heterocycles. The van der Waals surface area contributed by atoms with Crippen LogP contribution in [0.1, 0.15) is 38.5 Å². The average Bonchev–Trinajstić information content (AvgIpc) is 3.36. The molecule has 2 aliphatic rings. The Morgan fingerprint density at radius 1 is 0.833 bits per heavy atom. The lowest BCUT2D eigenvalue weighted by Gasteiger charge is -2.14. The third kappa shape index (κ3) is 5.46. The molecule has 1 aromatic heterocycles. The van der Waals surface area contributed by atoms with E-state index < -0.39 is 0 Å². The molecule has 2 saturated heterocycles. The number of benzene rings is 1. The van der Waals surface area contributed by atoms with Crippen LogP contribution in [-0.4, -0.2) is 47.0 Å². The van der Waals surface area contributed by atoms with E-state index in [-0.39, 0.29) is 23.9 Å². The summed E-state index contributed by atoms with van der Waals surface area (Å²) in [6.45, 7) is 1.45. The summed E-state index contributed by atoms with van der Waals surface area (Å²) < 4.78 is 0. The Morgan fingerprint density at radius 2 is 1.37 bits per heavy atom. The van der Waals surface area contributed by atoms with Gasteiger partial charge in [0.1, 0.15) is 11.6 Å². The molecule has 0 bridgehead atoms. The van der Waals surface area contributed by atoms with Gasteiger partial charge in [-0.05, 0) is 25.7 Å². The normalized spacial score (nSPS) is 20.7. The number of anilines is 2. The van der Waals surface area contributed by atoms with E-state index in [4.69, 9.17) is 0 Å². The molecule has 8 nitrogen and oxygen atoms in total. The van der Waals surface area contributed by atoms with Crippen molar-refractivity contribution >= 4 is 23.5 Å². The van der Waals surface area contributed by atoms with Gasteiger partial charge in [-0.3, -0.25) is 9.59 Å². The number of carbonyl (C=O) groups is 2. The summed E-state index contributed by atoms with van der Waals surface area (Å²) in [5, 5.41) is 12.7. The van der Waals surface area contributed by atoms with Gasteiger partial charge in [-0.15, -0.1) is 0 Å². The van der Waals surface area contributed by atoms with Crippen molar-refractivity contribution in [2.24, 2.45) is 0 Å². The second-order valence-electron chi connectivity index (χ2n) is 7.87. The van der Waals surface area contributed by atoms with Crippen LogP contribution >= 0.6 is 0 Å². The largest absolute Gasteiger partial charge is 0.370 e. The molecular formula is C22H28N6O2. The summed E-state index contributed by atoms with van der Waals surface area (Å²) in [7, 11) is 0. The molecule has 2 aromatic rings. The summed E-state index contributed by atoms with van der Waals surface area (Å²) >= 11 is 0. The van der Waals surface area contributed by atoms with Crippen molar-refractivity contribution in [3.05, 3.63) is 36.4 Å². The first-order chi connectivity index (χ1) is 14.7. The molecule has 2 amide bonds. The fraction of sp³-hybridized carbons (Fsp3) is 0.455. The fourth-order valence-electron chi connectivity index (χ4n) is 3.88. The van der Waals surface area contributed by atoms with Crippen LogP contribution in [0.5, 0.6) is 0 Å². The maximum atomic E-state index is 11.4. The van der Waals surface area contributed by atoms with E-state index in [1.54, 1.807) is 0 Å². The second kappa shape index (κ2) is 9.56.